The van der Waals surface area contributed by atoms with Crippen LogP contribution in [0.2, 0.25) is 0 Å². The Kier molecular flexibility index (Phi) is 5.24. The van der Waals surface area contributed by atoms with Gasteiger partial charge in [0.1, 0.15) is 11.5 Å². The van der Waals surface area contributed by atoms with Gasteiger partial charge < -0.3 is 9.47 Å². The van der Waals surface area contributed by atoms with Crippen molar-refractivity contribution in [1.29, 1.82) is 0 Å². The normalized spacial score (nSPS) is 34.9. The number of rotatable bonds is 5. The molecule has 0 bridgehead atoms. The molecule has 0 spiro atoms. The highest BCUT2D eigenvalue weighted by Crippen LogP contribution is 2.59. The Balaban J connectivity index is 1.22. The maximum atomic E-state index is 12.5. The van der Waals surface area contributed by atoms with Gasteiger partial charge in [0.25, 0.3) is 0 Å². The number of Topliss-reactive ketones (excluding diaryl/α,β-unsaturated/α-hetero) is 1. The second-order valence-corrected chi connectivity index (χ2v) is 9.99. The van der Waals surface area contributed by atoms with E-state index in [0.29, 0.717) is 17.6 Å². The van der Waals surface area contributed by atoms with Gasteiger partial charge in [0.2, 0.25) is 0 Å². The van der Waals surface area contributed by atoms with Crippen molar-refractivity contribution in [2.45, 2.75) is 58.3 Å². The van der Waals surface area contributed by atoms with Crippen molar-refractivity contribution >= 4 is 5.78 Å². The molecule has 0 radical (unpaired) electrons. The molecule has 3 nitrogen and oxygen atoms in total. The van der Waals surface area contributed by atoms with Crippen molar-refractivity contribution in [3.8, 4) is 5.75 Å². The molecular formula is C27H34O3. The summed E-state index contributed by atoms with van der Waals surface area (Å²) >= 11 is 0. The van der Waals surface area contributed by atoms with Crippen molar-refractivity contribution in [2.24, 2.45) is 29.1 Å². The van der Waals surface area contributed by atoms with E-state index in [-0.39, 0.29) is 5.41 Å². The summed E-state index contributed by atoms with van der Waals surface area (Å²) < 4.78 is 11.4. The van der Waals surface area contributed by atoms with Gasteiger partial charge in [-0.15, -0.1) is 0 Å². The lowest BCUT2D eigenvalue weighted by Crippen LogP contribution is -2.45. The molecule has 30 heavy (non-hydrogen) atoms. The number of ether oxygens (including phenoxy) is 2. The molecule has 2 saturated carbocycles. The van der Waals surface area contributed by atoms with Gasteiger partial charge in [-0.25, -0.2) is 0 Å². The van der Waals surface area contributed by atoms with Crippen molar-refractivity contribution in [1.82, 2.24) is 0 Å². The van der Waals surface area contributed by atoms with E-state index in [0.717, 1.165) is 68.5 Å². The molecule has 0 aliphatic heterocycles. The molecular weight excluding hydrogens is 372 g/mol. The third kappa shape index (κ3) is 3.40. The summed E-state index contributed by atoms with van der Waals surface area (Å²) in [5, 5.41) is 0. The van der Waals surface area contributed by atoms with Crippen molar-refractivity contribution in [3.63, 3.8) is 0 Å². The Morgan fingerprint density at radius 1 is 1.07 bits per heavy atom. The number of ketones is 1. The number of hydrogen-bond donors (Lipinski definition) is 0. The Morgan fingerprint density at radius 3 is 2.70 bits per heavy atom. The number of fused-ring (bicyclic) bond motifs is 5. The van der Waals surface area contributed by atoms with Gasteiger partial charge in [0.05, 0.1) is 19.5 Å². The molecule has 2 fully saturated rings. The van der Waals surface area contributed by atoms with E-state index in [2.05, 4.69) is 31.2 Å². The van der Waals surface area contributed by atoms with Crippen LogP contribution in [-0.4, -0.2) is 19.5 Å². The largest absolute Gasteiger partial charge is 0.498 e. The monoisotopic (exact) mass is 406 g/mol. The third-order valence-electron chi connectivity index (χ3n) is 8.64. The SMILES string of the molecule is COc1ccc(CCOC2=CC3=CC[C@@H]4[C@H](CC[C@]5(C)C(=O)CC[C@@H]45)[C@H]3CC2)cc1. The minimum absolute atomic E-state index is 0.0211. The topological polar surface area (TPSA) is 35.5 Å². The standard InChI is InChI=1S/C27H34O3/c1-27-15-13-23-22-10-8-21(30-16-14-18-3-6-20(29-2)7-4-18)17-19(22)5-9-24(23)25(27)11-12-26(27)28/h3-7,17,22-25H,8-16H2,1-2H3/t22-,23+,24+,25-,27-/m0/s1. The Hall–Kier alpha value is -2.03. The van der Waals surface area contributed by atoms with Gasteiger partial charge in [-0.1, -0.05) is 25.1 Å². The smallest absolute Gasteiger partial charge is 0.139 e. The van der Waals surface area contributed by atoms with Gasteiger partial charge in [0, 0.05) is 24.7 Å². The van der Waals surface area contributed by atoms with Crippen LogP contribution in [0, 0.1) is 29.1 Å². The van der Waals surface area contributed by atoms with E-state index >= 15 is 0 Å². The zero-order valence-corrected chi connectivity index (χ0v) is 18.4. The number of carbonyl (C=O) groups is 1. The van der Waals surface area contributed by atoms with Crippen molar-refractivity contribution < 1.29 is 14.3 Å². The summed E-state index contributed by atoms with van der Waals surface area (Å²) in [7, 11) is 1.70. The molecule has 1 aromatic carbocycles. The number of allylic oxidation sites excluding steroid dienone is 4. The maximum absolute atomic E-state index is 12.5. The Labute approximate surface area is 180 Å². The van der Waals surface area contributed by atoms with E-state index in [1.165, 1.54) is 24.0 Å². The van der Waals surface area contributed by atoms with Crippen molar-refractivity contribution in [2.75, 3.05) is 13.7 Å². The lowest BCUT2D eigenvalue weighted by Gasteiger charge is -2.50. The molecule has 0 saturated heterocycles. The van der Waals surface area contributed by atoms with E-state index < -0.39 is 0 Å². The average molecular weight is 407 g/mol. The minimum atomic E-state index is -0.0211. The fourth-order valence-corrected chi connectivity index (χ4v) is 6.91. The van der Waals surface area contributed by atoms with E-state index in [1.807, 2.05) is 12.1 Å². The molecule has 0 aromatic heterocycles. The summed E-state index contributed by atoms with van der Waals surface area (Å²) in [5.41, 5.74) is 2.77. The van der Waals surface area contributed by atoms with E-state index in [1.54, 1.807) is 7.11 Å². The van der Waals surface area contributed by atoms with Crippen LogP contribution in [0.3, 0.4) is 0 Å². The quantitative estimate of drug-likeness (QED) is 0.612. The average Bonchev–Trinajstić information content (AvgIpc) is 3.08. The van der Waals surface area contributed by atoms with Gasteiger partial charge in [-0.3, -0.25) is 4.79 Å². The highest BCUT2D eigenvalue weighted by atomic mass is 16.5. The molecule has 0 N–H and O–H groups in total. The summed E-state index contributed by atoms with van der Waals surface area (Å²) in [6.45, 7) is 2.99. The molecule has 3 heteroatoms. The van der Waals surface area contributed by atoms with Crippen LogP contribution in [0.4, 0.5) is 0 Å². The molecule has 0 heterocycles. The molecule has 4 aliphatic rings. The molecule has 0 amide bonds. The first-order valence-corrected chi connectivity index (χ1v) is 11.8. The minimum Gasteiger partial charge on any atom is -0.498 e. The van der Waals surface area contributed by atoms with Gasteiger partial charge in [0.15, 0.2) is 0 Å². The maximum Gasteiger partial charge on any atom is 0.139 e. The van der Waals surface area contributed by atoms with Crippen LogP contribution < -0.4 is 4.74 Å². The van der Waals surface area contributed by atoms with Crippen LogP contribution in [0.25, 0.3) is 0 Å². The van der Waals surface area contributed by atoms with E-state index in [4.69, 9.17) is 9.47 Å². The Morgan fingerprint density at radius 2 is 1.90 bits per heavy atom. The lowest BCUT2D eigenvalue weighted by molar-refractivity contribution is -0.130. The number of methoxy groups -OCH3 is 1. The summed E-state index contributed by atoms with van der Waals surface area (Å²) in [4.78, 5) is 12.5. The first kappa shape index (κ1) is 19.9. The molecule has 5 rings (SSSR count). The zero-order chi connectivity index (χ0) is 20.7. The lowest BCUT2D eigenvalue weighted by atomic mass is 9.53. The fourth-order valence-electron chi connectivity index (χ4n) is 6.91. The molecule has 4 aliphatic carbocycles. The second-order valence-electron chi connectivity index (χ2n) is 9.99. The molecule has 0 unspecified atom stereocenters. The first-order chi connectivity index (χ1) is 14.6. The summed E-state index contributed by atoms with van der Waals surface area (Å²) in [6, 6.07) is 8.25. The fraction of sp³-hybridized carbons (Fsp3) is 0.593. The zero-order valence-electron chi connectivity index (χ0n) is 18.4. The van der Waals surface area contributed by atoms with Crippen molar-refractivity contribution in [3.05, 3.63) is 53.3 Å². The highest BCUT2D eigenvalue weighted by molar-refractivity contribution is 5.87. The van der Waals surface area contributed by atoms with Gasteiger partial charge >= 0.3 is 0 Å². The molecule has 160 valence electrons. The van der Waals surface area contributed by atoms with Crippen LogP contribution in [0.5, 0.6) is 5.75 Å². The Bertz CT molecular complexity index is 865. The summed E-state index contributed by atoms with van der Waals surface area (Å²) in [5.74, 6) is 5.37. The third-order valence-corrected chi connectivity index (χ3v) is 8.64. The van der Waals surface area contributed by atoms with Crippen LogP contribution >= 0.6 is 0 Å². The number of hydrogen-bond acceptors (Lipinski definition) is 3. The van der Waals surface area contributed by atoms with Gasteiger partial charge in [-0.05, 0) is 85.1 Å². The number of benzene rings is 1. The van der Waals surface area contributed by atoms with E-state index in [9.17, 15) is 4.79 Å². The predicted molar refractivity (Wildman–Crippen MR) is 118 cm³/mol. The highest BCUT2D eigenvalue weighted by Gasteiger charge is 2.55. The van der Waals surface area contributed by atoms with Crippen LogP contribution in [0.1, 0.15) is 57.4 Å². The summed E-state index contributed by atoms with van der Waals surface area (Å²) in [6.07, 6.45) is 13.4. The van der Waals surface area contributed by atoms with Crippen LogP contribution in [-0.2, 0) is 16.0 Å². The molecule has 1 aromatic rings. The van der Waals surface area contributed by atoms with Crippen LogP contribution in [0.15, 0.2) is 47.7 Å². The molecule has 5 atom stereocenters. The number of carbonyl (C=O) groups excluding carboxylic acids is 1. The predicted octanol–water partition coefficient (Wildman–Crippen LogP) is 5.89. The second kappa shape index (κ2) is 7.90. The van der Waals surface area contributed by atoms with Gasteiger partial charge in [-0.2, -0.15) is 0 Å². The first-order valence-electron chi connectivity index (χ1n) is 11.8.